The molecule has 0 radical (unpaired) electrons. The van der Waals surface area contributed by atoms with Crippen LogP contribution in [-0.2, 0) is 6.42 Å². The summed E-state index contributed by atoms with van der Waals surface area (Å²) in [6, 6.07) is 14.6. The Morgan fingerprint density at radius 3 is 2.33 bits per heavy atom. The van der Waals surface area contributed by atoms with Gasteiger partial charge in [0.15, 0.2) is 0 Å². The van der Waals surface area contributed by atoms with Crippen LogP contribution in [0.2, 0.25) is 0 Å². The van der Waals surface area contributed by atoms with Crippen LogP contribution in [0.4, 0.5) is 5.69 Å². The lowest BCUT2D eigenvalue weighted by Gasteiger charge is -2.17. The summed E-state index contributed by atoms with van der Waals surface area (Å²) in [6.07, 6.45) is 0.770. The summed E-state index contributed by atoms with van der Waals surface area (Å²) in [4.78, 5) is 2.08. The van der Waals surface area contributed by atoms with Crippen LogP contribution >= 0.6 is 0 Å². The summed E-state index contributed by atoms with van der Waals surface area (Å²) in [5.41, 5.74) is 11.1. The molecule has 2 rings (SSSR count). The molecule has 2 aromatic rings. The molecule has 0 spiro atoms. The van der Waals surface area contributed by atoms with Crippen LogP contribution in [0, 0.1) is 6.92 Å². The van der Waals surface area contributed by atoms with Gasteiger partial charge in [-0.2, -0.15) is 0 Å². The maximum absolute atomic E-state index is 6.36. The second kappa shape index (κ2) is 6.64. The number of hydrogen-bond acceptors (Lipinski definition) is 3. The average Bonchev–Trinajstić information content (AvgIpc) is 2.47. The van der Waals surface area contributed by atoms with Gasteiger partial charge in [0.1, 0.15) is 5.75 Å². The molecule has 1 unspecified atom stereocenters. The van der Waals surface area contributed by atoms with Gasteiger partial charge >= 0.3 is 0 Å². The number of benzene rings is 2. The molecule has 0 aromatic heterocycles. The maximum atomic E-state index is 6.36. The molecule has 0 fully saturated rings. The van der Waals surface area contributed by atoms with Gasteiger partial charge in [-0.1, -0.05) is 29.8 Å². The van der Waals surface area contributed by atoms with E-state index in [9.17, 15) is 0 Å². The van der Waals surface area contributed by atoms with Crippen LogP contribution in [0.1, 0.15) is 22.7 Å². The van der Waals surface area contributed by atoms with Crippen molar-refractivity contribution in [3.8, 4) is 5.75 Å². The summed E-state index contributed by atoms with van der Waals surface area (Å²) in [7, 11) is 5.77. The van der Waals surface area contributed by atoms with E-state index < -0.39 is 0 Å². The minimum Gasteiger partial charge on any atom is -0.496 e. The smallest absolute Gasteiger partial charge is 0.122 e. The second-order valence-corrected chi connectivity index (χ2v) is 5.61. The average molecular weight is 284 g/mol. The Balaban J connectivity index is 2.17. The highest BCUT2D eigenvalue weighted by molar-refractivity contribution is 5.47. The van der Waals surface area contributed by atoms with E-state index in [0.717, 1.165) is 23.3 Å². The maximum Gasteiger partial charge on any atom is 0.122 e. The Morgan fingerprint density at radius 1 is 1.10 bits per heavy atom. The fourth-order valence-corrected chi connectivity index (χ4v) is 2.44. The predicted molar refractivity (Wildman–Crippen MR) is 89.1 cm³/mol. The molecule has 2 aromatic carbocycles. The van der Waals surface area contributed by atoms with Crippen LogP contribution < -0.4 is 15.4 Å². The number of anilines is 1. The van der Waals surface area contributed by atoms with E-state index in [1.54, 1.807) is 7.11 Å². The molecule has 0 bridgehead atoms. The van der Waals surface area contributed by atoms with E-state index in [-0.39, 0.29) is 6.04 Å². The lowest BCUT2D eigenvalue weighted by atomic mass is 9.97. The van der Waals surface area contributed by atoms with Gasteiger partial charge in [-0.15, -0.1) is 0 Å². The van der Waals surface area contributed by atoms with Crippen molar-refractivity contribution in [2.24, 2.45) is 5.73 Å². The van der Waals surface area contributed by atoms with Crippen molar-refractivity contribution < 1.29 is 4.74 Å². The standard InChI is InChI=1S/C18H24N2O/c1-13-5-10-18(21-4)15(11-13)12-17(19)14-6-8-16(9-7-14)20(2)3/h5-11,17H,12,19H2,1-4H3. The van der Waals surface area contributed by atoms with Gasteiger partial charge in [0, 0.05) is 25.8 Å². The second-order valence-electron chi connectivity index (χ2n) is 5.61. The lowest BCUT2D eigenvalue weighted by Crippen LogP contribution is -2.14. The van der Waals surface area contributed by atoms with Crippen molar-refractivity contribution >= 4 is 5.69 Å². The molecule has 0 heterocycles. The third-order valence-electron chi connectivity index (χ3n) is 3.71. The SMILES string of the molecule is COc1ccc(C)cc1CC(N)c1ccc(N(C)C)cc1. The molecule has 1 atom stereocenters. The van der Waals surface area contributed by atoms with Crippen molar-refractivity contribution in [3.05, 3.63) is 59.2 Å². The van der Waals surface area contributed by atoms with Crippen molar-refractivity contribution in [2.75, 3.05) is 26.1 Å². The van der Waals surface area contributed by atoms with E-state index in [0.29, 0.717) is 0 Å². The van der Waals surface area contributed by atoms with E-state index in [4.69, 9.17) is 10.5 Å². The van der Waals surface area contributed by atoms with Crippen molar-refractivity contribution in [1.82, 2.24) is 0 Å². The first-order chi connectivity index (χ1) is 10.0. The summed E-state index contributed by atoms with van der Waals surface area (Å²) in [6.45, 7) is 2.08. The van der Waals surface area contributed by atoms with Crippen LogP contribution in [0.5, 0.6) is 5.75 Å². The summed E-state index contributed by atoms with van der Waals surface area (Å²) in [5, 5.41) is 0. The lowest BCUT2D eigenvalue weighted by molar-refractivity contribution is 0.408. The third kappa shape index (κ3) is 3.76. The van der Waals surface area contributed by atoms with Crippen LogP contribution in [0.25, 0.3) is 0 Å². The largest absolute Gasteiger partial charge is 0.496 e. The van der Waals surface area contributed by atoms with E-state index in [1.807, 2.05) is 20.2 Å². The van der Waals surface area contributed by atoms with Crippen LogP contribution in [0.15, 0.2) is 42.5 Å². The van der Waals surface area contributed by atoms with Crippen molar-refractivity contribution in [1.29, 1.82) is 0 Å². The van der Waals surface area contributed by atoms with Gasteiger partial charge in [-0.25, -0.2) is 0 Å². The summed E-state index contributed by atoms with van der Waals surface area (Å²) < 4.78 is 5.43. The molecule has 2 N–H and O–H groups in total. The third-order valence-corrected chi connectivity index (χ3v) is 3.71. The van der Waals surface area contributed by atoms with Gasteiger partial charge in [-0.05, 0) is 42.7 Å². The number of nitrogens with two attached hydrogens (primary N) is 1. The molecule has 3 nitrogen and oxygen atoms in total. The molecule has 0 amide bonds. The number of nitrogens with zero attached hydrogens (tertiary/aromatic N) is 1. The molecule has 0 aliphatic rings. The molecule has 0 saturated heterocycles. The number of hydrogen-bond donors (Lipinski definition) is 1. The number of rotatable bonds is 5. The molecule has 21 heavy (non-hydrogen) atoms. The quantitative estimate of drug-likeness (QED) is 0.915. The first-order valence-electron chi connectivity index (χ1n) is 7.17. The van der Waals surface area contributed by atoms with Crippen LogP contribution in [0.3, 0.4) is 0 Å². The molecule has 0 aliphatic heterocycles. The van der Waals surface area contributed by atoms with Gasteiger partial charge in [-0.3, -0.25) is 0 Å². The number of methoxy groups -OCH3 is 1. The highest BCUT2D eigenvalue weighted by Gasteiger charge is 2.11. The minimum absolute atomic E-state index is 0.0306. The zero-order valence-electron chi connectivity index (χ0n) is 13.3. The Hall–Kier alpha value is -2.00. The fraction of sp³-hybridized carbons (Fsp3) is 0.333. The van der Waals surface area contributed by atoms with E-state index in [1.165, 1.54) is 11.3 Å². The highest BCUT2D eigenvalue weighted by Crippen LogP contribution is 2.25. The van der Waals surface area contributed by atoms with Crippen molar-refractivity contribution in [2.45, 2.75) is 19.4 Å². The Bertz CT molecular complexity index is 591. The van der Waals surface area contributed by atoms with Gasteiger partial charge in [0.2, 0.25) is 0 Å². The Morgan fingerprint density at radius 2 is 1.76 bits per heavy atom. The topological polar surface area (TPSA) is 38.5 Å². The zero-order valence-corrected chi connectivity index (χ0v) is 13.3. The first kappa shape index (κ1) is 15.4. The van der Waals surface area contributed by atoms with Crippen LogP contribution in [-0.4, -0.2) is 21.2 Å². The molecule has 0 aliphatic carbocycles. The molecule has 112 valence electrons. The van der Waals surface area contributed by atoms with E-state index >= 15 is 0 Å². The summed E-state index contributed by atoms with van der Waals surface area (Å²) in [5.74, 6) is 0.904. The van der Waals surface area contributed by atoms with Gasteiger partial charge in [0.25, 0.3) is 0 Å². The zero-order chi connectivity index (χ0) is 15.4. The molecular formula is C18H24N2O. The molecule has 0 saturated carbocycles. The monoisotopic (exact) mass is 284 g/mol. The summed E-state index contributed by atoms with van der Waals surface area (Å²) >= 11 is 0. The minimum atomic E-state index is -0.0306. The van der Waals surface area contributed by atoms with E-state index in [2.05, 4.69) is 48.2 Å². The Labute approximate surface area is 127 Å². The fourth-order valence-electron chi connectivity index (χ4n) is 2.44. The highest BCUT2D eigenvalue weighted by atomic mass is 16.5. The number of aryl methyl sites for hydroxylation is 1. The predicted octanol–water partition coefficient (Wildman–Crippen LogP) is 3.31. The van der Waals surface area contributed by atoms with Gasteiger partial charge in [0.05, 0.1) is 7.11 Å². The molecular weight excluding hydrogens is 260 g/mol. The number of ether oxygens (including phenoxy) is 1. The molecule has 3 heteroatoms. The van der Waals surface area contributed by atoms with Crippen molar-refractivity contribution in [3.63, 3.8) is 0 Å². The van der Waals surface area contributed by atoms with Gasteiger partial charge < -0.3 is 15.4 Å². The Kier molecular flexibility index (Phi) is 4.86. The first-order valence-corrected chi connectivity index (χ1v) is 7.17. The normalized spacial score (nSPS) is 12.0.